The molecule has 1 heterocycles. The number of hydrogen-bond donors (Lipinski definition) is 2. The molecule has 0 spiro atoms. The van der Waals surface area contributed by atoms with Crippen LogP contribution in [-0.4, -0.2) is 16.5 Å². The van der Waals surface area contributed by atoms with Crippen LogP contribution in [0.15, 0.2) is 6.33 Å². The highest BCUT2D eigenvalue weighted by atomic mass is 35.5. The van der Waals surface area contributed by atoms with E-state index in [9.17, 15) is 0 Å². The van der Waals surface area contributed by atoms with E-state index in [1.165, 1.54) is 6.33 Å². The fraction of sp³-hybridized carbons (Fsp3) is 0.600. The molecule has 1 aromatic rings. The fourth-order valence-electron chi connectivity index (χ4n) is 1.00. The number of aromatic nitrogens is 2. The summed E-state index contributed by atoms with van der Waals surface area (Å²) in [6, 6.07) is 0. The number of nitrogens with zero attached hydrogens (tertiary/aromatic N) is 2. The molecule has 1 unspecified atom stereocenters. The predicted molar refractivity (Wildman–Crippen MR) is 63.9 cm³/mol. The number of rotatable bonds is 4. The van der Waals surface area contributed by atoms with Gasteiger partial charge in [0.1, 0.15) is 23.0 Å². The summed E-state index contributed by atoms with van der Waals surface area (Å²) in [7, 11) is 0. The molecule has 1 rings (SSSR count). The second kappa shape index (κ2) is 5.16. The molecule has 0 bridgehead atoms. The Labute approximate surface area is 95.3 Å². The first-order chi connectivity index (χ1) is 7.02. The Morgan fingerprint density at radius 1 is 1.40 bits per heavy atom. The maximum Gasteiger partial charge on any atom is 0.150 e. The molecule has 0 amide bonds. The molecule has 0 aromatic carbocycles. The molecule has 0 fully saturated rings. The Morgan fingerprint density at radius 2 is 2.07 bits per heavy atom. The first kappa shape index (κ1) is 12.0. The highest BCUT2D eigenvalue weighted by Gasteiger charge is 2.10. The monoisotopic (exact) mass is 228 g/mol. The van der Waals surface area contributed by atoms with Crippen molar-refractivity contribution < 1.29 is 0 Å². The molecule has 1 atom stereocenters. The number of nitrogens with two attached hydrogens (primary N) is 1. The number of anilines is 2. The zero-order valence-electron chi connectivity index (χ0n) is 9.29. The zero-order chi connectivity index (χ0) is 11.4. The first-order valence-corrected chi connectivity index (χ1v) is 5.40. The van der Waals surface area contributed by atoms with Crippen molar-refractivity contribution >= 4 is 23.2 Å². The maximum atomic E-state index is 5.94. The van der Waals surface area contributed by atoms with Crippen molar-refractivity contribution in [3.8, 4) is 0 Å². The van der Waals surface area contributed by atoms with E-state index in [0.717, 1.165) is 6.54 Å². The molecule has 0 aliphatic carbocycles. The van der Waals surface area contributed by atoms with Crippen LogP contribution < -0.4 is 11.1 Å². The second-order valence-corrected chi connectivity index (χ2v) is 4.40. The summed E-state index contributed by atoms with van der Waals surface area (Å²) >= 11 is 5.94. The molecule has 1 aromatic heterocycles. The van der Waals surface area contributed by atoms with Crippen LogP contribution in [0.3, 0.4) is 0 Å². The van der Waals surface area contributed by atoms with E-state index in [2.05, 4.69) is 36.1 Å². The fourth-order valence-corrected chi connectivity index (χ4v) is 1.16. The lowest BCUT2D eigenvalue weighted by Crippen LogP contribution is -2.17. The van der Waals surface area contributed by atoms with Gasteiger partial charge < -0.3 is 11.1 Å². The van der Waals surface area contributed by atoms with Crippen LogP contribution in [0.25, 0.3) is 0 Å². The van der Waals surface area contributed by atoms with Crippen molar-refractivity contribution in [3.63, 3.8) is 0 Å². The minimum Gasteiger partial charge on any atom is -0.382 e. The quantitative estimate of drug-likeness (QED) is 0.831. The van der Waals surface area contributed by atoms with Gasteiger partial charge in [-0.05, 0) is 11.8 Å². The van der Waals surface area contributed by atoms with Crippen LogP contribution in [0, 0.1) is 11.8 Å². The van der Waals surface area contributed by atoms with Gasteiger partial charge >= 0.3 is 0 Å². The van der Waals surface area contributed by atoms with Gasteiger partial charge in [0.25, 0.3) is 0 Å². The van der Waals surface area contributed by atoms with Crippen molar-refractivity contribution in [3.05, 3.63) is 11.3 Å². The van der Waals surface area contributed by atoms with Gasteiger partial charge in [0.2, 0.25) is 0 Å². The number of nitrogens with one attached hydrogen (secondary N) is 1. The highest BCUT2D eigenvalue weighted by molar-refractivity contribution is 6.35. The molecule has 0 radical (unpaired) electrons. The largest absolute Gasteiger partial charge is 0.382 e. The van der Waals surface area contributed by atoms with E-state index < -0.39 is 0 Å². The lowest BCUT2D eigenvalue weighted by molar-refractivity contribution is 0.439. The standard InChI is InChI=1S/C10H17ClN4/c1-6(2)7(3)4-13-10-8(11)9(12)14-5-15-10/h5-7H,4H2,1-3H3,(H3,12,13,14,15). The minimum absolute atomic E-state index is 0.311. The Hall–Kier alpha value is -1.03. The minimum atomic E-state index is 0.311. The van der Waals surface area contributed by atoms with Gasteiger partial charge in [-0.15, -0.1) is 0 Å². The normalized spacial score (nSPS) is 12.9. The number of halogens is 1. The van der Waals surface area contributed by atoms with Crippen LogP contribution >= 0.6 is 11.6 Å². The third-order valence-corrected chi connectivity index (χ3v) is 2.92. The lowest BCUT2D eigenvalue weighted by Gasteiger charge is -2.16. The average molecular weight is 229 g/mol. The SMILES string of the molecule is CC(C)C(C)CNc1ncnc(N)c1Cl. The molecule has 0 aliphatic rings. The molecule has 4 nitrogen and oxygen atoms in total. The molecule has 0 saturated carbocycles. The van der Waals surface area contributed by atoms with Crippen LogP contribution in [0.2, 0.25) is 5.02 Å². The topological polar surface area (TPSA) is 63.8 Å². The lowest BCUT2D eigenvalue weighted by atomic mass is 9.98. The summed E-state index contributed by atoms with van der Waals surface area (Å²) in [6.45, 7) is 7.37. The number of nitrogen functional groups attached to an aromatic ring is 1. The van der Waals surface area contributed by atoms with Gasteiger partial charge in [0.15, 0.2) is 0 Å². The van der Waals surface area contributed by atoms with Gasteiger partial charge in [-0.1, -0.05) is 32.4 Å². The van der Waals surface area contributed by atoms with Crippen LogP contribution in [0.4, 0.5) is 11.6 Å². The van der Waals surface area contributed by atoms with Crippen molar-refractivity contribution in [2.45, 2.75) is 20.8 Å². The molecule has 3 N–H and O–H groups in total. The van der Waals surface area contributed by atoms with Gasteiger partial charge in [0, 0.05) is 6.54 Å². The molecule has 0 aliphatic heterocycles. The Kier molecular flexibility index (Phi) is 4.15. The molecule has 0 saturated heterocycles. The van der Waals surface area contributed by atoms with Gasteiger partial charge in [0.05, 0.1) is 0 Å². The summed E-state index contributed by atoms with van der Waals surface area (Å²) in [5.74, 6) is 2.09. The van der Waals surface area contributed by atoms with Crippen LogP contribution in [0.5, 0.6) is 0 Å². The third-order valence-electron chi connectivity index (χ3n) is 2.55. The maximum absolute atomic E-state index is 5.94. The van der Waals surface area contributed by atoms with Gasteiger partial charge in [-0.2, -0.15) is 0 Å². The smallest absolute Gasteiger partial charge is 0.150 e. The average Bonchev–Trinajstić information content (AvgIpc) is 2.19. The predicted octanol–water partition coefficient (Wildman–Crippen LogP) is 2.42. The van der Waals surface area contributed by atoms with Crippen LogP contribution in [-0.2, 0) is 0 Å². The Balaban J connectivity index is 2.62. The van der Waals surface area contributed by atoms with E-state index >= 15 is 0 Å². The van der Waals surface area contributed by atoms with E-state index in [1.807, 2.05) is 0 Å². The van der Waals surface area contributed by atoms with Crippen molar-refractivity contribution in [2.24, 2.45) is 11.8 Å². The second-order valence-electron chi connectivity index (χ2n) is 4.02. The zero-order valence-corrected chi connectivity index (χ0v) is 10.0. The molecule has 15 heavy (non-hydrogen) atoms. The summed E-state index contributed by atoms with van der Waals surface area (Å²) in [5, 5.41) is 3.57. The Morgan fingerprint density at radius 3 is 2.67 bits per heavy atom. The van der Waals surface area contributed by atoms with Crippen molar-refractivity contribution in [1.82, 2.24) is 9.97 Å². The van der Waals surface area contributed by atoms with E-state index in [1.54, 1.807) is 0 Å². The van der Waals surface area contributed by atoms with Gasteiger partial charge in [-0.3, -0.25) is 0 Å². The third kappa shape index (κ3) is 3.23. The summed E-state index contributed by atoms with van der Waals surface area (Å²) in [6.07, 6.45) is 1.41. The molecule has 5 heteroatoms. The number of hydrogen-bond acceptors (Lipinski definition) is 4. The van der Waals surface area contributed by atoms with E-state index in [-0.39, 0.29) is 0 Å². The highest BCUT2D eigenvalue weighted by Crippen LogP contribution is 2.23. The van der Waals surface area contributed by atoms with Crippen molar-refractivity contribution in [1.29, 1.82) is 0 Å². The summed E-state index contributed by atoms with van der Waals surface area (Å²) in [4.78, 5) is 7.83. The summed E-state index contributed by atoms with van der Waals surface area (Å²) in [5.41, 5.74) is 5.56. The van der Waals surface area contributed by atoms with Crippen LogP contribution in [0.1, 0.15) is 20.8 Å². The molecule has 84 valence electrons. The molecular formula is C10H17ClN4. The van der Waals surface area contributed by atoms with E-state index in [0.29, 0.717) is 28.5 Å². The van der Waals surface area contributed by atoms with Gasteiger partial charge in [-0.25, -0.2) is 9.97 Å². The van der Waals surface area contributed by atoms with E-state index in [4.69, 9.17) is 17.3 Å². The van der Waals surface area contributed by atoms with Crippen molar-refractivity contribution in [2.75, 3.05) is 17.6 Å². The Bertz CT molecular complexity index is 327. The molecular weight excluding hydrogens is 212 g/mol. The summed E-state index contributed by atoms with van der Waals surface area (Å²) < 4.78 is 0. The first-order valence-electron chi connectivity index (χ1n) is 5.02.